The van der Waals surface area contributed by atoms with Gasteiger partial charge in [-0.25, -0.2) is 4.98 Å². The number of thiazole rings is 1. The Labute approximate surface area is 149 Å². The van der Waals surface area contributed by atoms with Crippen molar-refractivity contribution in [3.63, 3.8) is 0 Å². The Kier molecular flexibility index (Phi) is 4.01. The second-order valence-electron chi connectivity index (χ2n) is 6.09. The third kappa shape index (κ3) is 2.80. The van der Waals surface area contributed by atoms with Crippen LogP contribution in [0.25, 0.3) is 4.96 Å². The van der Waals surface area contributed by atoms with E-state index in [0.717, 1.165) is 24.5 Å². The summed E-state index contributed by atoms with van der Waals surface area (Å²) in [5.41, 5.74) is 1.83. The van der Waals surface area contributed by atoms with Crippen molar-refractivity contribution in [1.29, 1.82) is 0 Å². The molecule has 1 saturated heterocycles. The van der Waals surface area contributed by atoms with Crippen molar-refractivity contribution in [1.82, 2.24) is 14.3 Å². The molecule has 1 fully saturated rings. The Morgan fingerprint density at radius 3 is 2.56 bits per heavy atom. The maximum absolute atomic E-state index is 12.8. The Morgan fingerprint density at radius 2 is 1.84 bits per heavy atom. The van der Waals surface area contributed by atoms with E-state index in [2.05, 4.69) is 22.0 Å². The van der Waals surface area contributed by atoms with Gasteiger partial charge >= 0.3 is 0 Å². The van der Waals surface area contributed by atoms with Gasteiger partial charge in [-0.2, -0.15) is 0 Å². The second-order valence-corrected chi connectivity index (χ2v) is 6.92. The molecule has 0 spiro atoms. The van der Waals surface area contributed by atoms with Crippen LogP contribution < -0.4 is 10.5 Å². The third-order valence-electron chi connectivity index (χ3n) is 4.54. The highest BCUT2D eigenvalue weighted by Gasteiger charge is 2.25. The standard InChI is InChI=1S/C18H18N4O2S/c1-13-12-25-18-19-11-15(17(24)22(13)18)16(23)21-9-7-20(8-10-21)14-5-3-2-4-6-14/h2-6,11-12H,7-10H2,1H3. The van der Waals surface area contributed by atoms with Crippen LogP contribution in [0.15, 0.2) is 46.7 Å². The summed E-state index contributed by atoms with van der Waals surface area (Å²) in [6.45, 7) is 4.55. The molecular formula is C18H18N4O2S. The zero-order valence-electron chi connectivity index (χ0n) is 13.9. The molecule has 0 bridgehead atoms. The number of benzene rings is 1. The molecule has 1 aliphatic heterocycles. The number of carbonyl (C=O) groups is 1. The molecule has 1 amide bonds. The van der Waals surface area contributed by atoms with Gasteiger partial charge in [0.1, 0.15) is 5.56 Å². The van der Waals surface area contributed by atoms with Gasteiger partial charge in [0, 0.05) is 49.1 Å². The molecule has 0 N–H and O–H groups in total. The molecule has 4 rings (SSSR count). The number of aryl methyl sites for hydroxylation is 1. The molecule has 128 valence electrons. The van der Waals surface area contributed by atoms with E-state index in [4.69, 9.17) is 0 Å². The summed E-state index contributed by atoms with van der Waals surface area (Å²) < 4.78 is 1.51. The fourth-order valence-corrected chi connectivity index (χ4v) is 3.98. The maximum atomic E-state index is 12.8. The van der Waals surface area contributed by atoms with Gasteiger partial charge in [0.2, 0.25) is 0 Å². The van der Waals surface area contributed by atoms with Gasteiger partial charge in [-0.15, -0.1) is 11.3 Å². The van der Waals surface area contributed by atoms with Crippen LogP contribution in [0.5, 0.6) is 0 Å². The number of piperazine rings is 1. The smallest absolute Gasteiger partial charge is 0.271 e. The number of aromatic nitrogens is 2. The third-order valence-corrected chi connectivity index (χ3v) is 5.49. The average molecular weight is 354 g/mol. The first-order valence-electron chi connectivity index (χ1n) is 8.20. The van der Waals surface area contributed by atoms with Crippen molar-refractivity contribution >= 4 is 27.9 Å². The molecule has 25 heavy (non-hydrogen) atoms. The number of nitrogens with zero attached hydrogens (tertiary/aromatic N) is 4. The van der Waals surface area contributed by atoms with Crippen LogP contribution in [-0.2, 0) is 0 Å². The highest BCUT2D eigenvalue weighted by atomic mass is 32.1. The van der Waals surface area contributed by atoms with Crippen LogP contribution in [0, 0.1) is 6.92 Å². The van der Waals surface area contributed by atoms with Crippen molar-refractivity contribution in [3.05, 3.63) is 63.5 Å². The van der Waals surface area contributed by atoms with Gasteiger partial charge in [0.25, 0.3) is 11.5 Å². The normalized spacial score (nSPS) is 14.9. The summed E-state index contributed by atoms with van der Waals surface area (Å²) in [5, 5.41) is 1.87. The Morgan fingerprint density at radius 1 is 1.12 bits per heavy atom. The molecule has 6 nitrogen and oxygen atoms in total. The number of rotatable bonds is 2. The summed E-state index contributed by atoms with van der Waals surface area (Å²) in [6, 6.07) is 10.2. The molecule has 0 saturated carbocycles. The number of fused-ring (bicyclic) bond motifs is 1. The Hall–Kier alpha value is -2.67. The fourth-order valence-electron chi connectivity index (χ4n) is 3.15. The van der Waals surface area contributed by atoms with Crippen molar-refractivity contribution < 1.29 is 4.79 Å². The van der Waals surface area contributed by atoms with Crippen LogP contribution >= 0.6 is 11.3 Å². The lowest BCUT2D eigenvalue weighted by atomic mass is 10.2. The van der Waals surface area contributed by atoms with Gasteiger partial charge in [0.15, 0.2) is 4.96 Å². The van der Waals surface area contributed by atoms with Crippen molar-refractivity contribution in [2.75, 3.05) is 31.1 Å². The lowest BCUT2D eigenvalue weighted by Crippen LogP contribution is -2.49. The van der Waals surface area contributed by atoms with Crippen LogP contribution in [0.1, 0.15) is 16.1 Å². The lowest BCUT2D eigenvalue weighted by molar-refractivity contribution is 0.0744. The molecule has 0 aliphatic carbocycles. The molecular weight excluding hydrogens is 336 g/mol. The lowest BCUT2D eigenvalue weighted by Gasteiger charge is -2.36. The van der Waals surface area contributed by atoms with Gasteiger partial charge in [-0.05, 0) is 19.1 Å². The molecule has 1 aromatic carbocycles. The van der Waals surface area contributed by atoms with E-state index >= 15 is 0 Å². The quantitative estimate of drug-likeness (QED) is 0.707. The fraction of sp³-hybridized carbons (Fsp3) is 0.278. The largest absolute Gasteiger partial charge is 0.368 e. The number of hydrogen-bond donors (Lipinski definition) is 0. The van der Waals surface area contributed by atoms with E-state index in [9.17, 15) is 9.59 Å². The van der Waals surface area contributed by atoms with Crippen LogP contribution in [-0.4, -0.2) is 46.4 Å². The van der Waals surface area contributed by atoms with Gasteiger partial charge in [-0.1, -0.05) is 18.2 Å². The molecule has 3 heterocycles. The zero-order valence-corrected chi connectivity index (χ0v) is 14.7. The highest BCUT2D eigenvalue weighted by Crippen LogP contribution is 2.17. The molecule has 0 atom stereocenters. The summed E-state index contributed by atoms with van der Waals surface area (Å²) in [5.74, 6) is -0.231. The first kappa shape index (κ1) is 15.8. The molecule has 3 aromatic rings. The van der Waals surface area contributed by atoms with E-state index in [1.54, 1.807) is 4.90 Å². The predicted octanol–water partition coefficient (Wildman–Crippen LogP) is 2.03. The van der Waals surface area contributed by atoms with E-state index in [1.165, 1.54) is 21.9 Å². The molecule has 1 aliphatic rings. The molecule has 2 aromatic heterocycles. The average Bonchev–Trinajstić information content (AvgIpc) is 3.04. The van der Waals surface area contributed by atoms with Crippen LogP contribution in [0.4, 0.5) is 5.69 Å². The van der Waals surface area contributed by atoms with Gasteiger partial charge in [-0.3, -0.25) is 14.0 Å². The molecule has 7 heteroatoms. The topological polar surface area (TPSA) is 57.9 Å². The first-order chi connectivity index (χ1) is 12.1. The van der Waals surface area contributed by atoms with Crippen molar-refractivity contribution in [3.8, 4) is 0 Å². The minimum atomic E-state index is -0.278. The summed E-state index contributed by atoms with van der Waals surface area (Å²) in [7, 11) is 0. The number of para-hydroxylation sites is 1. The minimum absolute atomic E-state index is 0.146. The van der Waals surface area contributed by atoms with Crippen molar-refractivity contribution in [2.45, 2.75) is 6.92 Å². The summed E-state index contributed by atoms with van der Waals surface area (Å²) >= 11 is 1.40. The number of carbonyl (C=O) groups excluding carboxylic acids is 1. The number of amides is 1. The zero-order chi connectivity index (χ0) is 17.4. The first-order valence-corrected chi connectivity index (χ1v) is 9.08. The van der Waals surface area contributed by atoms with Crippen LogP contribution in [0.3, 0.4) is 0 Å². The van der Waals surface area contributed by atoms with E-state index in [0.29, 0.717) is 18.1 Å². The number of hydrogen-bond acceptors (Lipinski definition) is 5. The SMILES string of the molecule is Cc1csc2ncc(C(=O)N3CCN(c4ccccc4)CC3)c(=O)n12. The Balaban J connectivity index is 1.54. The highest BCUT2D eigenvalue weighted by molar-refractivity contribution is 7.15. The summed E-state index contributed by atoms with van der Waals surface area (Å²) in [6.07, 6.45) is 1.42. The second kappa shape index (κ2) is 6.33. The Bertz CT molecular complexity index is 972. The van der Waals surface area contributed by atoms with E-state index in [-0.39, 0.29) is 17.0 Å². The molecule has 0 unspecified atom stereocenters. The summed E-state index contributed by atoms with van der Waals surface area (Å²) in [4.78, 5) is 34.3. The van der Waals surface area contributed by atoms with Crippen LogP contribution in [0.2, 0.25) is 0 Å². The maximum Gasteiger partial charge on any atom is 0.271 e. The number of anilines is 1. The van der Waals surface area contributed by atoms with Gasteiger partial charge in [0.05, 0.1) is 0 Å². The van der Waals surface area contributed by atoms with E-state index < -0.39 is 0 Å². The predicted molar refractivity (Wildman–Crippen MR) is 98.6 cm³/mol. The van der Waals surface area contributed by atoms with Crippen molar-refractivity contribution in [2.24, 2.45) is 0 Å². The minimum Gasteiger partial charge on any atom is -0.368 e. The molecule has 0 radical (unpaired) electrons. The monoisotopic (exact) mass is 354 g/mol. The van der Waals surface area contributed by atoms with E-state index in [1.807, 2.05) is 30.5 Å². The van der Waals surface area contributed by atoms with Gasteiger partial charge < -0.3 is 9.80 Å².